The van der Waals surface area contributed by atoms with E-state index >= 15 is 0 Å². The summed E-state index contributed by atoms with van der Waals surface area (Å²) in [6.45, 7) is 2.24. The predicted molar refractivity (Wildman–Crippen MR) is 91.4 cm³/mol. The van der Waals surface area contributed by atoms with Gasteiger partial charge in [0.15, 0.2) is 11.6 Å². The van der Waals surface area contributed by atoms with Crippen molar-refractivity contribution < 1.29 is 18.3 Å². The van der Waals surface area contributed by atoms with Crippen LogP contribution >= 0.6 is 11.8 Å². The molecule has 24 heavy (non-hydrogen) atoms. The van der Waals surface area contributed by atoms with Gasteiger partial charge in [0, 0.05) is 11.4 Å². The first-order chi connectivity index (χ1) is 11.5. The molecule has 0 spiro atoms. The fourth-order valence-electron chi connectivity index (χ4n) is 2.07. The number of rotatable bonds is 7. The van der Waals surface area contributed by atoms with Gasteiger partial charge >= 0.3 is 0 Å². The lowest BCUT2D eigenvalue weighted by molar-refractivity contribution is -0.120. The average molecular weight is 351 g/mol. The highest BCUT2D eigenvalue weighted by Gasteiger charge is 2.15. The molecule has 2 rings (SSSR count). The number of amides is 1. The number of hydrogen-bond acceptors (Lipinski definition) is 3. The first-order valence-electron chi connectivity index (χ1n) is 7.52. The van der Waals surface area contributed by atoms with Crippen LogP contribution in [0.1, 0.15) is 12.5 Å². The van der Waals surface area contributed by atoms with Crippen LogP contribution in [0.4, 0.5) is 8.78 Å². The van der Waals surface area contributed by atoms with Crippen molar-refractivity contribution in [3.63, 3.8) is 0 Å². The maximum absolute atomic E-state index is 13.2. The molecule has 6 heteroatoms. The van der Waals surface area contributed by atoms with E-state index in [2.05, 4.69) is 5.32 Å². The minimum absolute atomic E-state index is 0.141. The molecule has 0 aliphatic carbocycles. The Balaban J connectivity index is 1.79. The van der Waals surface area contributed by atoms with Crippen molar-refractivity contribution in [1.82, 2.24) is 5.32 Å². The molecule has 1 atom stereocenters. The molecule has 0 saturated heterocycles. The highest BCUT2D eigenvalue weighted by Crippen LogP contribution is 2.24. The molecule has 0 aromatic heterocycles. The minimum Gasteiger partial charge on any atom is -0.497 e. The van der Waals surface area contributed by atoms with Gasteiger partial charge in [0.2, 0.25) is 5.91 Å². The summed E-state index contributed by atoms with van der Waals surface area (Å²) in [6.07, 6.45) is 0.707. The molecule has 2 aromatic rings. The Morgan fingerprint density at radius 3 is 2.50 bits per heavy atom. The number of thioether (sulfide) groups is 1. The SMILES string of the molecule is COc1ccc(CCNC(=O)[C@H](C)Sc2ccc(F)c(F)c2)cc1. The summed E-state index contributed by atoms with van der Waals surface area (Å²) in [5.74, 6) is -1.15. The molecule has 0 aliphatic rings. The van der Waals surface area contributed by atoms with E-state index < -0.39 is 16.9 Å². The van der Waals surface area contributed by atoms with Crippen molar-refractivity contribution in [2.75, 3.05) is 13.7 Å². The molecule has 0 unspecified atom stereocenters. The lowest BCUT2D eigenvalue weighted by Crippen LogP contribution is -2.32. The van der Waals surface area contributed by atoms with Crippen LogP contribution in [-0.2, 0) is 11.2 Å². The van der Waals surface area contributed by atoms with E-state index in [1.165, 1.54) is 17.8 Å². The Morgan fingerprint density at radius 2 is 1.88 bits per heavy atom. The monoisotopic (exact) mass is 351 g/mol. The van der Waals surface area contributed by atoms with E-state index in [4.69, 9.17) is 4.74 Å². The molecule has 1 N–H and O–H groups in total. The summed E-state index contributed by atoms with van der Waals surface area (Å²) in [5.41, 5.74) is 1.09. The zero-order valence-electron chi connectivity index (χ0n) is 13.5. The number of carbonyl (C=O) groups is 1. The van der Waals surface area contributed by atoms with Crippen LogP contribution in [0.5, 0.6) is 5.75 Å². The normalized spacial score (nSPS) is 11.8. The molecule has 0 radical (unpaired) electrons. The van der Waals surface area contributed by atoms with Gasteiger partial charge < -0.3 is 10.1 Å². The number of methoxy groups -OCH3 is 1. The van der Waals surface area contributed by atoms with E-state index in [1.54, 1.807) is 14.0 Å². The summed E-state index contributed by atoms with van der Waals surface area (Å²) in [7, 11) is 1.61. The Bertz CT molecular complexity index is 692. The van der Waals surface area contributed by atoms with Crippen molar-refractivity contribution in [3.8, 4) is 5.75 Å². The molecule has 0 bridgehead atoms. The third-order valence-corrected chi connectivity index (χ3v) is 4.54. The van der Waals surface area contributed by atoms with E-state index in [-0.39, 0.29) is 5.91 Å². The topological polar surface area (TPSA) is 38.3 Å². The van der Waals surface area contributed by atoms with E-state index in [9.17, 15) is 13.6 Å². The van der Waals surface area contributed by atoms with Crippen LogP contribution in [0.25, 0.3) is 0 Å². The lowest BCUT2D eigenvalue weighted by Gasteiger charge is -2.12. The van der Waals surface area contributed by atoms with Crippen molar-refractivity contribution in [2.45, 2.75) is 23.5 Å². The minimum atomic E-state index is -0.910. The predicted octanol–water partition coefficient (Wildman–Crippen LogP) is 3.81. The highest BCUT2D eigenvalue weighted by molar-refractivity contribution is 8.00. The van der Waals surface area contributed by atoms with Crippen molar-refractivity contribution in [3.05, 3.63) is 59.7 Å². The number of nitrogens with one attached hydrogen (secondary N) is 1. The first kappa shape index (κ1) is 18.3. The van der Waals surface area contributed by atoms with Gasteiger partial charge in [-0.3, -0.25) is 4.79 Å². The molecule has 3 nitrogen and oxygen atoms in total. The van der Waals surface area contributed by atoms with Crippen LogP contribution in [-0.4, -0.2) is 24.8 Å². The van der Waals surface area contributed by atoms with E-state index in [1.807, 2.05) is 24.3 Å². The summed E-state index contributed by atoms with van der Waals surface area (Å²) >= 11 is 1.19. The maximum Gasteiger partial charge on any atom is 0.233 e. The standard InChI is InChI=1S/C18H19F2NO2S/c1-12(24-15-7-8-16(19)17(20)11-15)18(22)21-10-9-13-3-5-14(23-2)6-4-13/h3-8,11-12H,9-10H2,1-2H3,(H,21,22)/t12-/m0/s1. The number of ether oxygens (including phenoxy) is 1. The number of hydrogen-bond donors (Lipinski definition) is 1. The van der Waals surface area contributed by atoms with Crippen molar-refractivity contribution in [1.29, 1.82) is 0 Å². The van der Waals surface area contributed by atoms with Crippen LogP contribution in [0.2, 0.25) is 0 Å². The largest absolute Gasteiger partial charge is 0.497 e. The van der Waals surface area contributed by atoms with Crippen LogP contribution in [0, 0.1) is 11.6 Å². The smallest absolute Gasteiger partial charge is 0.233 e. The fourth-order valence-corrected chi connectivity index (χ4v) is 2.99. The molecule has 0 aliphatic heterocycles. The Morgan fingerprint density at radius 1 is 1.17 bits per heavy atom. The molecule has 128 valence electrons. The zero-order valence-corrected chi connectivity index (χ0v) is 14.3. The van der Waals surface area contributed by atoms with Gasteiger partial charge in [-0.1, -0.05) is 12.1 Å². The summed E-state index contributed by atoms with van der Waals surface area (Å²) in [4.78, 5) is 12.6. The third kappa shape index (κ3) is 5.23. The van der Waals surface area contributed by atoms with Crippen LogP contribution < -0.4 is 10.1 Å². The number of carbonyl (C=O) groups excluding carboxylic acids is 1. The second-order valence-corrected chi connectivity index (χ2v) is 6.64. The molecule has 2 aromatic carbocycles. The first-order valence-corrected chi connectivity index (χ1v) is 8.40. The molecule has 1 amide bonds. The van der Waals surface area contributed by atoms with E-state index in [0.29, 0.717) is 17.9 Å². The Hall–Kier alpha value is -2.08. The Labute approximate surface area is 144 Å². The number of halogens is 2. The third-order valence-electron chi connectivity index (χ3n) is 3.45. The molecule has 0 saturated carbocycles. The average Bonchev–Trinajstić information content (AvgIpc) is 2.58. The van der Waals surface area contributed by atoms with Gasteiger partial charge in [-0.2, -0.15) is 0 Å². The quantitative estimate of drug-likeness (QED) is 0.771. The second kappa shape index (κ2) is 8.68. The second-order valence-electron chi connectivity index (χ2n) is 5.23. The lowest BCUT2D eigenvalue weighted by atomic mass is 10.1. The highest BCUT2D eigenvalue weighted by atomic mass is 32.2. The summed E-state index contributed by atoms with van der Waals surface area (Å²) in [6, 6.07) is 11.3. The van der Waals surface area contributed by atoms with Crippen LogP contribution in [0.3, 0.4) is 0 Å². The molecular formula is C18H19F2NO2S. The zero-order chi connectivity index (χ0) is 17.5. The van der Waals surface area contributed by atoms with Crippen molar-refractivity contribution >= 4 is 17.7 Å². The Kier molecular flexibility index (Phi) is 6.61. The van der Waals surface area contributed by atoms with Gasteiger partial charge in [-0.15, -0.1) is 11.8 Å². The van der Waals surface area contributed by atoms with Gasteiger partial charge in [-0.05, 0) is 49.2 Å². The molecular weight excluding hydrogens is 332 g/mol. The van der Waals surface area contributed by atoms with Gasteiger partial charge in [-0.25, -0.2) is 8.78 Å². The summed E-state index contributed by atoms with van der Waals surface area (Å²) < 4.78 is 31.2. The van der Waals surface area contributed by atoms with E-state index in [0.717, 1.165) is 23.4 Å². The fraction of sp³-hybridized carbons (Fsp3) is 0.278. The van der Waals surface area contributed by atoms with Crippen molar-refractivity contribution in [2.24, 2.45) is 0 Å². The number of benzene rings is 2. The van der Waals surface area contributed by atoms with Gasteiger partial charge in [0.1, 0.15) is 5.75 Å². The maximum atomic E-state index is 13.2. The van der Waals surface area contributed by atoms with Gasteiger partial charge in [0.25, 0.3) is 0 Å². The molecule has 0 fully saturated rings. The molecule has 0 heterocycles. The summed E-state index contributed by atoms with van der Waals surface area (Å²) in [5, 5.41) is 2.45. The van der Waals surface area contributed by atoms with Crippen LogP contribution in [0.15, 0.2) is 47.4 Å². The van der Waals surface area contributed by atoms with Gasteiger partial charge in [0.05, 0.1) is 12.4 Å².